The van der Waals surface area contributed by atoms with E-state index in [9.17, 15) is 0 Å². The molecular weight excluding hydrogens is 605 g/mol. The summed E-state index contributed by atoms with van der Waals surface area (Å²) in [7, 11) is 7.03. The van der Waals surface area contributed by atoms with Gasteiger partial charge in [0.2, 0.25) is 5.69 Å². The lowest BCUT2D eigenvalue weighted by atomic mass is 9.81. The number of hydrogen-bond acceptors (Lipinski definition) is 6. The highest BCUT2D eigenvalue weighted by molar-refractivity contribution is 8.02. The second-order valence-corrected chi connectivity index (χ2v) is 14.3. The molecule has 2 heterocycles. The number of ether oxygens (including phenoxy) is 4. The molecule has 3 aliphatic rings. The highest BCUT2D eigenvalue weighted by atomic mass is 32.2. The Morgan fingerprint density at radius 3 is 2.17 bits per heavy atom. The molecule has 1 aliphatic carbocycles. The Kier molecular flexibility index (Phi) is 11.1. The van der Waals surface area contributed by atoms with Crippen LogP contribution in [0.4, 0.5) is 11.4 Å². The fourth-order valence-electron chi connectivity index (χ4n) is 7.42. The van der Waals surface area contributed by atoms with Crippen LogP contribution in [0.25, 0.3) is 0 Å². The largest absolute Gasteiger partial charge is 0.497 e. The molecule has 0 spiro atoms. The second-order valence-electron chi connectivity index (χ2n) is 13.5. The third-order valence-corrected chi connectivity index (χ3v) is 10.9. The average molecular weight is 658 g/mol. The first-order valence-corrected chi connectivity index (χ1v) is 18.0. The van der Waals surface area contributed by atoms with Crippen molar-refractivity contribution < 1.29 is 23.5 Å². The normalized spacial score (nSPS) is 19.9. The Balaban J connectivity index is 1.49. The summed E-state index contributed by atoms with van der Waals surface area (Å²) in [6, 6.07) is 13.0. The number of methoxy groups -OCH3 is 4. The number of benzene rings is 2. The zero-order chi connectivity index (χ0) is 33.8. The first kappa shape index (κ1) is 35.1. The maximum absolute atomic E-state index is 5.61. The summed E-state index contributed by atoms with van der Waals surface area (Å²) >= 11 is 1.86. The molecule has 2 aliphatic heterocycles. The first-order chi connectivity index (χ1) is 22.6. The van der Waals surface area contributed by atoms with Gasteiger partial charge in [0.05, 0.1) is 26.2 Å². The molecule has 5 rings (SSSR count). The average Bonchev–Trinajstić information content (AvgIpc) is 3.63. The van der Waals surface area contributed by atoms with E-state index in [1.54, 1.807) is 28.4 Å². The van der Waals surface area contributed by atoms with Crippen molar-refractivity contribution >= 4 is 28.8 Å². The Bertz CT molecular complexity index is 1630. The minimum atomic E-state index is -0.146. The van der Waals surface area contributed by atoms with Crippen molar-refractivity contribution in [2.45, 2.75) is 64.2 Å². The summed E-state index contributed by atoms with van der Waals surface area (Å²) in [6.07, 6.45) is 15.7. The van der Waals surface area contributed by atoms with Crippen LogP contribution in [0, 0.1) is 0 Å². The standard InChI is InChI=1S/C40H53N2O4S/c1-39(2)32-26-30(45-7)16-18-34(32)41(22-10-24-43-5)36(39)20-14-28-12-13-29(38(28)47-9)15-21-37-40(3,4)33-27-31(46-8)17-19-35(33)42(37)23-11-25-44-6/h14-21,26-27H,10-13,22-25H2,1-9H3/q+1. The van der Waals surface area contributed by atoms with E-state index < -0.39 is 0 Å². The van der Waals surface area contributed by atoms with E-state index >= 15 is 0 Å². The van der Waals surface area contributed by atoms with Crippen LogP contribution in [-0.2, 0) is 20.3 Å². The van der Waals surface area contributed by atoms with E-state index in [1.165, 1.54) is 50.0 Å². The summed E-state index contributed by atoms with van der Waals surface area (Å²) in [4.78, 5) is 3.87. The predicted octanol–water partition coefficient (Wildman–Crippen LogP) is 8.73. The molecule has 0 saturated carbocycles. The van der Waals surface area contributed by atoms with Gasteiger partial charge in [0.1, 0.15) is 11.5 Å². The zero-order valence-corrected chi connectivity index (χ0v) is 30.7. The van der Waals surface area contributed by atoms with E-state index in [0.29, 0.717) is 0 Å². The van der Waals surface area contributed by atoms with E-state index in [2.05, 4.69) is 104 Å². The van der Waals surface area contributed by atoms with Crippen molar-refractivity contribution in [2.75, 3.05) is 65.9 Å². The third kappa shape index (κ3) is 6.85. The zero-order valence-electron chi connectivity index (χ0n) is 29.9. The van der Waals surface area contributed by atoms with Gasteiger partial charge in [-0.05, 0) is 92.5 Å². The lowest BCUT2D eigenvalue weighted by molar-refractivity contribution is -0.438. The van der Waals surface area contributed by atoms with Gasteiger partial charge in [-0.1, -0.05) is 26.0 Å². The molecule has 0 aromatic heterocycles. The van der Waals surface area contributed by atoms with Gasteiger partial charge in [-0.15, -0.1) is 11.8 Å². The van der Waals surface area contributed by atoms with Crippen LogP contribution >= 0.6 is 11.8 Å². The van der Waals surface area contributed by atoms with Crippen molar-refractivity contribution in [3.63, 3.8) is 0 Å². The number of fused-ring (bicyclic) bond motifs is 2. The second kappa shape index (κ2) is 14.9. The molecule has 2 aromatic rings. The maximum Gasteiger partial charge on any atom is 0.210 e. The van der Waals surface area contributed by atoms with Crippen LogP contribution in [0.2, 0.25) is 0 Å². The fraction of sp³-hybridized carbons (Fsp3) is 0.475. The smallest absolute Gasteiger partial charge is 0.210 e. The number of anilines is 1. The van der Waals surface area contributed by atoms with Crippen LogP contribution in [0.3, 0.4) is 0 Å². The molecule has 0 radical (unpaired) electrons. The lowest BCUT2D eigenvalue weighted by Gasteiger charge is -2.27. The molecule has 0 amide bonds. The van der Waals surface area contributed by atoms with E-state index in [1.807, 2.05) is 11.8 Å². The number of nitrogens with zero attached hydrogens (tertiary/aromatic N) is 2. The van der Waals surface area contributed by atoms with E-state index in [-0.39, 0.29) is 10.8 Å². The third-order valence-electron chi connectivity index (χ3n) is 9.99. The molecule has 0 unspecified atom stereocenters. The summed E-state index contributed by atoms with van der Waals surface area (Å²) in [5, 5.41) is 0. The highest BCUT2D eigenvalue weighted by Crippen LogP contribution is 2.49. The lowest BCUT2D eigenvalue weighted by Crippen LogP contribution is -2.28. The van der Waals surface area contributed by atoms with Crippen molar-refractivity contribution in [3.8, 4) is 11.5 Å². The molecule has 0 fully saturated rings. The minimum Gasteiger partial charge on any atom is -0.497 e. The molecule has 0 N–H and O–H groups in total. The monoisotopic (exact) mass is 657 g/mol. The van der Waals surface area contributed by atoms with Gasteiger partial charge in [0.15, 0.2) is 12.3 Å². The van der Waals surface area contributed by atoms with Crippen LogP contribution < -0.4 is 14.4 Å². The van der Waals surface area contributed by atoms with Gasteiger partial charge in [0, 0.05) is 73.2 Å². The Labute approximate surface area is 286 Å². The summed E-state index contributed by atoms with van der Waals surface area (Å²) < 4.78 is 24.5. The minimum absolute atomic E-state index is 0.146. The van der Waals surface area contributed by atoms with Gasteiger partial charge < -0.3 is 23.8 Å². The molecule has 47 heavy (non-hydrogen) atoms. The van der Waals surface area contributed by atoms with Crippen molar-refractivity contribution in [2.24, 2.45) is 0 Å². The summed E-state index contributed by atoms with van der Waals surface area (Å²) in [5.74, 6) is 1.80. The molecule has 0 saturated heterocycles. The molecule has 7 heteroatoms. The van der Waals surface area contributed by atoms with Crippen molar-refractivity contribution in [1.29, 1.82) is 0 Å². The Hall–Kier alpha value is -3.26. The molecule has 6 nitrogen and oxygen atoms in total. The Morgan fingerprint density at radius 2 is 1.49 bits per heavy atom. The van der Waals surface area contributed by atoms with Gasteiger partial charge >= 0.3 is 0 Å². The number of thioether (sulfide) groups is 1. The summed E-state index contributed by atoms with van der Waals surface area (Å²) in [6.45, 7) is 12.6. The molecule has 2 aromatic carbocycles. The molecule has 252 valence electrons. The Morgan fingerprint density at radius 1 is 0.809 bits per heavy atom. The number of hydrogen-bond donors (Lipinski definition) is 0. The fourth-order valence-corrected chi connectivity index (χ4v) is 8.29. The van der Waals surface area contributed by atoms with Gasteiger partial charge in [-0.3, -0.25) is 0 Å². The summed E-state index contributed by atoms with van der Waals surface area (Å²) in [5.41, 5.74) is 10.3. The maximum atomic E-state index is 5.61. The van der Waals surface area contributed by atoms with Crippen LogP contribution in [-0.4, -0.2) is 71.3 Å². The van der Waals surface area contributed by atoms with E-state index in [4.69, 9.17) is 18.9 Å². The number of rotatable bonds is 14. The quantitative estimate of drug-likeness (QED) is 0.150. The van der Waals surface area contributed by atoms with Gasteiger partial charge in [-0.2, -0.15) is 4.58 Å². The predicted molar refractivity (Wildman–Crippen MR) is 197 cm³/mol. The van der Waals surface area contributed by atoms with Crippen LogP contribution in [0.1, 0.15) is 64.5 Å². The van der Waals surface area contributed by atoms with E-state index in [0.717, 1.165) is 63.5 Å². The van der Waals surface area contributed by atoms with Gasteiger partial charge in [-0.25, -0.2) is 0 Å². The molecule has 0 bridgehead atoms. The SMILES string of the molecule is COCCCN1/C(=C/C=C2\CCC(/C=C/C3=[N+](CCCOC)c4ccc(OC)cc4C3(C)C)=C2SC)C(C)(C)c2cc(OC)ccc21. The van der Waals surface area contributed by atoms with Crippen molar-refractivity contribution in [3.05, 3.63) is 93.6 Å². The topological polar surface area (TPSA) is 43.2 Å². The highest BCUT2D eigenvalue weighted by Gasteiger charge is 2.44. The number of allylic oxidation sites excluding steroid dienone is 7. The van der Waals surface area contributed by atoms with Gasteiger partial charge in [0.25, 0.3) is 0 Å². The molecule has 0 atom stereocenters. The molecular formula is C40H53N2O4S+. The van der Waals surface area contributed by atoms with Crippen LogP contribution in [0.15, 0.2) is 82.5 Å². The van der Waals surface area contributed by atoms with Crippen LogP contribution in [0.5, 0.6) is 11.5 Å². The van der Waals surface area contributed by atoms with Crippen molar-refractivity contribution in [1.82, 2.24) is 0 Å². The first-order valence-electron chi connectivity index (χ1n) is 16.8.